The molecule has 0 radical (unpaired) electrons. The number of benzene rings is 3. The van der Waals surface area contributed by atoms with Crippen LogP contribution in [0, 0.1) is 5.92 Å². The lowest BCUT2D eigenvalue weighted by molar-refractivity contribution is -0.674. The van der Waals surface area contributed by atoms with Crippen LogP contribution in [0.5, 0.6) is 5.75 Å². The third kappa shape index (κ3) is 3.96. The number of aryl methyl sites for hydroxylation is 1. The Labute approximate surface area is 223 Å². The molecule has 0 bridgehead atoms. The van der Waals surface area contributed by atoms with Crippen molar-refractivity contribution in [3.05, 3.63) is 107 Å². The molecule has 2 aliphatic carbocycles. The molecule has 4 nitrogen and oxygen atoms in total. The number of allylic oxidation sites excluding steroid dienone is 6. The van der Waals surface area contributed by atoms with E-state index in [1.165, 1.54) is 40.3 Å². The van der Waals surface area contributed by atoms with Crippen LogP contribution in [0.2, 0.25) is 0 Å². The molecule has 4 heteroatoms. The number of fused-ring (bicyclic) bond motifs is 4. The quantitative estimate of drug-likeness (QED) is 0.265. The van der Waals surface area contributed by atoms with Gasteiger partial charge in [-0.05, 0) is 91.1 Å². The molecule has 1 atom stereocenters. The third-order valence-corrected chi connectivity index (χ3v) is 8.22. The minimum absolute atomic E-state index is 0.637. The highest BCUT2D eigenvalue weighted by atomic mass is 16.5. The van der Waals surface area contributed by atoms with Gasteiger partial charge in [-0.3, -0.25) is 0 Å². The molecule has 38 heavy (non-hydrogen) atoms. The van der Waals surface area contributed by atoms with Crippen LogP contribution in [0.3, 0.4) is 0 Å². The number of oxazole rings is 1. The van der Waals surface area contributed by atoms with Gasteiger partial charge in [-0.1, -0.05) is 48.6 Å². The number of hydrogen-bond donors (Lipinski definition) is 0. The lowest BCUT2D eigenvalue weighted by Crippen LogP contribution is -2.33. The average Bonchev–Trinajstić information content (AvgIpc) is 3.47. The van der Waals surface area contributed by atoms with E-state index in [4.69, 9.17) is 9.15 Å². The van der Waals surface area contributed by atoms with Crippen molar-refractivity contribution in [3.63, 3.8) is 0 Å². The molecule has 0 saturated carbocycles. The van der Waals surface area contributed by atoms with E-state index in [-0.39, 0.29) is 0 Å². The summed E-state index contributed by atoms with van der Waals surface area (Å²) >= 11 is 0. The Hall–Kier alpha value is -4.05. The van der Waals surface area contributed by atoms with E-state index >= 15 is 0 Å². The molecule has 0 N–H and O–H groups in total. The Morgan fingerprint density at radius 1 is 0.921 bits per heavy atom. The molecule has 1 unspecified atom stereocenters. The minimum atomic E-state index is 0.637. The lowest BCUT2D eigenvalue weighted by Gasteiger charge is -2.28. The van der Waals surface area contributed by atoms with Crippen LogP contribution >= 0.6 is 0 Å². The van der Waals surface area contributed by atoms with Crippen molar-refractivity contribution in [2.45, 2.75) is 46.1 Å². The van der Waals surface area contributed by atoms with Crippen LogP contribution in [0.1, 0.15) is 45.4 Å². The van der Waals surface area contributed by atoms with Gasteiger partial charge in [0, 0.05) is 18.7 Å². The van der Waals surface area contributed by atoms with Crippen molar-refractivity contribution in [3.8, 4) is 5.75 Å². The predicted octanol–water partition coefficient (Wildman–Crippen LogP) is 8.09. The fraction of sp³-hybridized carbons (Fsp3) is 0.265. The Bertz CT molecular complexity index is 1680. The van der Waals surface area contributed by atoms with Gasteiger partial charge in [-0.25, -0.2) is 0 Å². The fourth-order valence-corrected chi connectivity index (χ4v) is 6.26. The summed E-state index contributed by atoms with van der Waals surface area (Å²) in [6, 6.07) is 21.2. The maximum atomic E-state index is 6.41. The molecule has 2 heterocycles. The van der Waals surface area contributed by atoms with Gasteiger partial charge >= 0.3 is 5.89 Å². The van der Waals surface area contributed by atoms with Crippen molar-refractivity contribution < 1.29 is 13.7 Å². The van der Waals surface area contributed by atoms with Gasteiger partial charge in [0.2, 0.25) is 11.5 Å². The van der Waals surface area contributed by atoms with E-state index in [1.807, 2.05) is 12.1 Å². The highest BCUT2D eigenvalue weighted by Gasteiger charge is 2.28. The van der Waals surface area contributed by atoms with Crippen LogP contribution in [0.25, 0.3) is 27.9 Å². The number of para-hydroxylation sites is 2. The molecule has 1 aliphatic heterocycles. The minimum Gasteiger partial charge on any atom is -0.439 e. The zero-order valence-electron chi connectivity index (χ0n) is 22.1. The van der Waals surface area contributed by atoms with Crippen molar-refractivity contribution in [1.82, 2.24) is 0 Å². The number of hydrogen-bond acceptors (Lipinski definition) is 3. The molecule has 3 aliphatic rings. The fourth-order valence-electron chi connectivity index (χ4n) is 6.26. The van der Waals surface area contributed by atoms with Crippen molar-refractivity contribution >= 4 is 33.6 Å². The van der Waals surface area contributed by atoms with E-state index in [9.17, 15) is 0 Å². The first-order valence-corrected chi connectivity index (χ1v) is 13.9. The Morgan fingerprint density at radius 3 is 2.55 bits per heavy atom. The average molecular weight is 502 g/mol. The van der Waals surface area contributed by atoms with Crippen LogP contribution < -0.4 is 14.2 Å². The van der Waals surface area contributed by atoms with Crippen LogP contribution in [0.4, 0.5) is 5.69 Å². The summed E-state index contributed by atoms with van der Waals surface area (Å²) in [5.41, 5.74) is 7.37. The summed E-state index contributed by atoms with van der Waals surface area (Å²) in [5.74, 6) is 3.45. The molecule has 190 valence electrons. The number of nitrogens with zero attached hydrogens (tertiary/aromatic N) is 2. The molecular formula is C34H33N2O2+. The predicted molar refractivity (Wildman–Crippen MR) is 154 cm³/mol. The monoisotopic (exact) mass is 501 g/mol. The maximum Gasteiger partial charge on any atom is 0.374 e. The summed E-state index contributed by atoms with van der Waals surface area (Å²) in [7, 11) is 0. The number of anilines is 1. The number of ether oxygens (including phenoxy) is 1. The molecule has 7 rings (SSSR count). The number of aromatic nitrogens is 1. The Kier molecular flexibility index (Phi) is 5.69. The maximum absolute atomic E-state index is 6.41. The summed E-state index contributed by atoms with van der Waals surface area (Å²) in [5, 5.41) is 2.46. The highest BCUT2D eigenvalue weighted by molar-refractivity contribution is 5.90. The molecular weight excluding hydrogens is 468 g/mol. The van der Waals surface area contributed by atoms with E-state index in [1.54, 1.807) is 0 Å². The summed E-state index contributed by atoms with van der Waals surface area (Å²) in [4.78, 5) is 2.29. The Balaban J connectivity index is 1.21. The van der Waals surface area contributed by atoms with Gasteiger partial charge in [0.15, 0.2) is 5.75 Å². The molecule has 0 amide bonds. The lowest BCUT2D eigenvalue weighted by atomic mass is 9.77. The molecule has 0 fully saturated rings. The Morgan fingerprint density at radius 2 is 1.71 bits per heavy atom. The summed E-state index contributed by atoms with van der Waals surface area (Å²) < 4.78 is 14.9. The highest BCUT2D eigenvalue weighted by Crippen LogP contribution is 2.43. The molecule has 4 aromatic rings. The molecule has 0 spiro atoms. The van der Waals surface area contributed by atoms with Gasteiger partial charge in [0.1, 0.15) is 6.54 Å². The van der Waals surface area contributed by atoms with E-state index in [0.717, 1.165) is 60.2 Å². The number of rotatable bonds is 4. The topological polar surface area (TPSA) is 29.5 Å². The van der Waals surface area contributed by atoms with Crippen molar-refractivity contribution in [2.75, 3.05) is 11.4 Å². The zero-order chi connectivity index (χ0) is 25.6. The van der Waals surface area contributed by atoms with Crippen molar-refractivity contribution in [1.29, 1.82) is 0 Å². The summed E-state index contributed by atoms with van der Waals surface area (Å²) in [6.07, 6.45) is 13.9. The first-order valence-electron chi connectivity index (χ1n) is 13.9. The van der Waals surface area contributed by atoms with E-state index in [2.05, 4.69) is 96.1 Å². The largest absolute Gasteiger partial charge is 0.439 e. The van der Waals surface area contributed by atoms with Crippen LogP contribution in [-0.2, 0) is 6.54 Å². The van der Waals surface area contributed by atoms with Gasteiger partial charge in [-0.2, -0.15) is 4.57 Å². The molecule has 1 aromatic heterocycles. The second kappa shape index (κ2) is 9.36. The molecule has 0 saturated heterocycles. The van der Waals surface area contributed by atoms with Gasteiger partial charge < -0.3 is 14.1 Å². The zero-order valence-corrected chi connectivity index (χ0v) is 22.1. The first-order chi connectivity index (χ1) is 18.7. The third-order valence-electron chi connectivity index (χ3n) is 8.22. The smallest absolute Gasteiger partial charge is 0.374 e. The standard InChI is InChI=1S/C34H33N2O2/c1-3-35-29-11-7-8-12-31(29)37-33(35)19-23-13-15-25-16-14-24(18-28(25)17-23)20-34-36(4-2)30-21-26-9-5-6-10-27(26)22-32(30)38-34/h5-12,17-22,25H,3-4,13-16H2,1-2H3/q+1. The first kappa shape index (κ1) is 23.1. The van der Waals surface area contributed by atoms with Gasteiger partial charge in [0.05, 0.1) is 11.8 Å². The molecule has 3 aromatic carbocycles. The summed E-state index contributed by atoms with van der Waals surface area (Å²) in [6.45, 7) is 6.12. The second-order valence-electron chi connectivity index (χ2n) is 10.5. The van der Waals surface area contributed by atoms with E-state index < -0.39 is 0 Å². The SMILES string of the molecule is CCN1C(=CC2=CC3=CC(=Cc4oc5ccccc5[n+]4CC)CCC3CC2)Oc2cc3ccccc3cc21. The van der Waals surface area contributed by atoms with Crippen LogP contribution in [0.15, 0.2) is 106 Å². The van der Waals surface area contributed by atoms with Crippen molar-refractivity contribution in [2.24, 2.45) is 5.92 Å². The van der Waals surface area contributed by atoms with E-state index in [0.29, 0.717) is 5.92 Å². The van der Waals surface area contributed by atoms with Gasteiger partial charge in [0.25, 0.3) is 5.52 Å². The van der Waals surface area contributed by atoms with Crippen LogP contribution in [-0.4, -0.2) is 6.54 Å². The normalized spacial score (nSPS) is 21.0. The second-order valence-corrected chi connectivity index (χ2v) is 10.5. The van der Waals surface area contributed by atoms with Gasteiger partial charge in [-0.15, -0.1) is 0 Å².